The molecule has 0 unspecified atom stereocenters. The minimum Gasteiger partial charge on any atom is -0.493 e. The number of thiophene rings is 1. The molecule has 0 fully saturated rings. The van der Waals surface area contributed by atoms with Crippen LogP contribution in [0.4, 0.5) is 5.00 Å². The summed E-state index contributed by atoms with van der Waals surface area (Å²) in [6.07, 6.45) is 0.672. The number of carbonyl (C=O) groups is 3. The third-order valence-corrected chi connectivity index (χ3v) is 5.31. The Hall–Kier alpha value is -2.87. The number of amides is 3. The van der Waals surface area contributed by atoms with E-state index in [0.717, 1.165) is 10.4 Å². The van der Waals surface area contributed by atoms with Crippen molar-refractivity contribution in [3.8, 4) is 5.75 Å². The Morgan fingerprint density at radius 2 is 1.89 bits per heavy atom. The van der Waals surface area contributed by atoms with Gasteiger partial charge in [-0.2, -0.15) is 0 Å². The van der Waals surface area contributed by atoms with Gasteiger partial charge in [0, 0.05) is 17.8 Å². The lowest BCUT2D eigenvalue weighted by Crippen LogP contribution is -2.26. The lowest BCUT2D eigenvalue weighted by Gasteiger charge is -2.10. The van der Waals surface area contributed by atoms with E-state index in [0.29, 0.717) is 41.4 Å². The van der Waals surface area contributed by atoms with Crippen LogP contribution in [-0.2, 0) is 4.79 Å². The minimum atomic E-state index is -0.558. The van der Waals surface area contributed by atoms with Crippen molar-refractivity contribution in [3.05, 3.63) is 45.8 Å². The van der Waals surface area contributed by atoms with Gasteiger partial charge in [0.2, 0.25) is 5.91 Å². The molecule has 0 spiro atoms. The van der Waals surface area contributed by atoms with E-state index in [1.807, 2.05) is 13.8 Å². The van der Waals surface area contributed by atoms with Crippen molar-refractivity contribution in [1.29, 1.82) is 0 Å². The number of carbonyl (C=O) groups excluding carboxylic acids is 3. The monoisotopic (exact) mass is 403 g/mol. The number of nitrogens with two attached hydrogens (primary N) is 1. The molecule has 2 aromatic rings. The van der Waals surface area contributed by atoms with Gasteiger partial charge in [0.15, 0.2) is 0 Å². The second-order valence-corrected chi connectivity index (χ2v) is 7.41. The van der Waals surface area contributed by atoms with Gasteiger partial charge in [0.05, 0.1) is 17.7 Å². The molecule has 0 atom stereocenters. The highest BCUT2D eigenvalue weighted by molar-refractivity contribution is 7.16. The molecular weight excluding hydrogens is 378 g/mol. The van der Waals surface area contributed by atoms with Gasteiger partial charge in [-0.25, -0.2) is 0 Å². The third-order valence-electron chi connectivity index (χ3n) is 4.18. The average molecular weight is 404 g/mol. The average Bonchev–Trinajstić information content (AvgIpc) is 2.93. The highest BCUT2D eigenvalue weighted by Gasteiger charge is 2.19. The number of aryl methyl sites for hydroxylation is 1. The normalized spacial score (nSPS) is 10.4. The van der Waals surface area contributed by atoms with Crippen LogP contribution >= 0.6 is 11.3 Å². The molecule has 4 N–H and O–H groups in total. The zero-order valence-corrected chi connectivity index (χ0v) is 17.1. The van der Waals surface area contributed by atoms with Crippen molar-refractivity contribution in [1.82, 2.24) is 5.32 Å². The molecule has 1 aromatic carbocycles. The molecule has 0 radical (unpaired) electrons. The predicted molar refractivity (Wildman–Crippen MR) is 110 cm³/mol. The maximum absolute atomic E-state index is 12.3. The van der Waals surface area contributed by atoms with E-state index in [4.69, 9.17) is 10.5 Å². The van der Waals surface area contributed by atoms with Gasteiger partial charge < -0.3 is 21.1 Å². The van der Waals surface area contributed by atoms with Crippen LogP contribution in [-0.4, -0.2) is 30.9 Å². The van der Waals surface area contributed by atoms with E-state index in [2.05, 4.69) is 10.6 Å². The molecule has 1 aromatic heterocycles. The van der Waals surface area contributed by atoms with Crippen molar-refractivity contribution < 1.29 is 19.1 Å². The summed E-state index contributed by atoms with van der Waals surface area (Å²) in [4.78, 5) is 37.0. The largest absolute Gasteiger partial charge is 0.493 e. The summed E-state index contributed by atoms with van der Waals surface area (Å²) in [5.74, 6) is -0.502. The van der Waals surface area contributed by atoms with E-state index in [1.165, 1.54) is 11.3 Å². The van der Waals surface area contributed by atoms with E-state index in [1.54, 1.807) is 31.2 Å². The molecule has 0 aliphatic rings. The Balaban J connectivity index is 1.84. The number of benzene rings is 1. The molecule has 7 nitrogen and oxygen atoms in total. The van der Waals surface area contributed by atoms with E-state index < -0.39 is 5.91 Å². The predicted octanol–water partition coefficient (Wildman–Crippen LogP) is 3.01. The Kier molecular flexibility index (Phi) is 7.57. The van der Waals surface area contributed by atoms with Crippen LogP contribution in [0.3, 0.4) is 0 Å². The van der Waals surface area contributed by atoms with E-state index in [9.17, 15) is 14.4 Å². The van der Waals surface area contributed by atoms with Crippen LogP contribution < -0.4 is 21.1 Å². The van der Waals surface area contributed by atoms with Crippen LogP contribution in [0.1, 0.15) is 50.9 Å². The van der Waals surface area contributed by atoms with Crippen LogP contribution in [0.5, 0.6) is 5.75 Å². The maximum atomic E-state index is 12.3. The van der Waals surface area contributed by atoms with Crippen molar-refractivity contribution >= 4 is 34.1 Å². The summed E-state index contributed by atoms with van der Waals surface area (Å²) in [5.41, 5.74) is 7.01. The highest BCUT2D eigenvalue weighted by atomic mass is 32.1. The summed E-state index contributed by atoms with van der Waals surface area (Å²) >= 11 is 1.33. The second kappa shape index (κ2) is 9.89. The zero-order valence-electron chi connectivity index (χ0n) is 16.3. The number of ether oxygens (including phenoxy) is 1. The van der Waals surface area contributed by atoms with Crippen molar-refractivity contribution in [2.24, 2.45) is 5.73 Å². The molecule has 0 aliphatic carbocycles. The molecule has 28 heavy (non-hydrogen) atoms. The quantitative estimate of drug-likeness (QED) is 0.559. The summed E-state index contributed by atoms with van der Waals surface area (Å²) in [5, 5.41) is 6.01. The highest BCUT2D eigenvalue weighted by Crippen LogP contribution is 2.32. The molecule has 2 rings (SSSR count). The zero-order chi connectivity index (χ0) is 20.7. The summed E-state index contributed by atoms with van der Waals surface area (Å²) in [6, 6.07) is 7.01. The molecule has 0 saturated heterocycles. The molecule has 1 heterocycles. The number of hydrogen-bond donors (Lipinski definition) is 3. The Labute approximate surface area is 168 Å². The topological polar surface area (TPSA) is 111 Å². The number of hydrogen-bond acceptors (Lipinski definition) is 5. The first-order valence-corrected chi connectivity index (χ1v) is 9.86. The van der Waals surface area contributed by atoms with Crippen LogP contribution in [0, 0.1) is 13.8 Å². The fourth-order valence-electron chi connectivity index (χ4n) is 2.68. The SMILES string of the molecule is CCOc1ccccc1C(=O)NCCCC(=O)Nc1sc(C)c(C)c1C(N)=O. The summed E-state index contributed by atoms with van der Waals surface area (Å²) < 4.78 is 5.45. The lowest BCUT2D eigenvalue weighted by molar-refractivity contribution is -0.116. The van der Waals surface area contributed by atoms with Crippen LogP contribution in [0.2, 0.25) is 0 Å². The van der Waals surface area contributed by atoms with E-state index >= 15 is 0 Å². The first-order valence-electron chi connectivity index (χ1n) is 9.04. The Morgan fingerprint density at radius 1 is 1.18 bits per heavy atom. The van der Waals surface area contributed by atoms with Gasteiger partial charge in [0.1, 0.15) is 10.8 Å². The molecule has 3 amide bonds. The van der Waals surface area contributed by atoms with Crippen molar-refractivity contribution in [3.63, 3.8) is 0 Å². The lowest BCUT2D eigenvalue weighted by atomic mass is 10.1. The van der Waals surface area contributed by atoms with Crippen LogP contribution in [0.15, 0.2) is 24.3 Å². The Bertz CT molecular complexity index is 876. The smallest absolute Gasteiger partial charge is 0.255 e. The summed E-state index contributed by atoms with van der Waals surface area (Å²) in [6.45, 7) is 6.35. The van der Waals surface area contributed by atoms with Gasteiger partial charge in [0.25, 0.3) is 11.8 Å². The molecule has 8 heteroatoms. The third kappa shape index (κ3) is 5.32. The second-order valence-electron chi connectivity index (χ2n) is 6.19. The molecule has 0 aliphatic heterocycles. The standard InChI is InChI=1S/C20H25N3O4S/c1-4-27-15-9-6-5-8-14(15)19(26)22-11-7-10-16(24)23-20-17(18(21)25)12(2)13(3)28-20/h5-6,8-9H,4,7,10-11H2,1-3H3,(H2,21,25)(H,22,26)(H,23,24). The van der Waals surface area contributed by atoms with Crippen molar-refractivity contribution in [2.45, 2.75) is 33.6 Å². The number of anilines is 1. The van der Waals surface area contributed by atoms with Gasteiger partial charge in [-0.3, -0.25) is 14.4 Å². The first-order chi connectivity index (χ1) is 13.3. The maximum Gasteiger partial charge on any atom is 0.255 e. The molecule has 0 saturated carbocycles. The van der Waals surface area contributed by atoms with Gasteiger partial charge in [-0.15, -0.1) is 11.3 Å². The van der Waals surface area contributed by atoms with Gasteiger partial charge in [-0.1, -0.05) is 12.1 Å². The Morgan fingerprint density at radius 3 is 2.57 bits per heavy atom. The number of para-hydroxylation sites is 1. The van der Waals surface area contributed by atoms with Gasteiger partial charge >= 0.3 is 0 Å². The molecule has 0 bridgehead atoms. The first kappa shape index (κ1) is 21.4. The number of rotatable bonds is 9. The molecule has 150 valence electrons. The fourth-order valence-corrected chi connectivity index (χ4v) is 3.76. The van der Waals surface area contributed by atoms with Crippen molar-refractivity contribution in [2.75, 3.05) is 18.5 Å². The number of nitrogens with one attached hydrogen (secondary N) is 2. The minimum absolute atomic E-state index is 0.210. The molecular formula is C20H25N3O4S. The van der Waals surface area contributed by atoms with Crippen LogP contribution in [0.25, 0.3) is 0 Å². The van der Waals surface area contributed by atoms with E-state index in [-0.39, 0.29) is 18.2 Å². The summed E-state index contributed by atoms with van der Waals surface area (Å²) in [7, 11) is 0. The number of primary amides is 1. The van der Waals surface area contributed by atoms with Gasteiger partial charge in [-0.05, 0) is 44.9 Å². The fraction of sp³-hybridized carbons (Fsp3) is 0.350.